The van der Waals surface area contributed by atoms with Crippen molar-refractivity contribution < 1.29 is 9.53 Å². The molecule has 2 N–H and O–H groups in total. The molecule has 5 heteroatoms. The summed E-state index contributed by atoms with van der Waals surface area (Å²) in [5.41, 5.74) is 3.02. The van der Waals surface area contributed by atoms with Gasteiger partial charge in [0.2, 0.25) is 5.91 Å². The van der Waals surface area contributed by atoms with Gasteiger partial charge in [-0.1, -0.05) is 31.2 Å². The fourth-order valence-electron chi connectivity index (χ4n) is 2.88. The molecule has 1 aromatic heterocycles. The van der Waals surface area contributed by atoms with Crippen molar-refractivity contribution in [2.75, 3.05) is 7.11 Å². The number of para-hydroxylation sites is 2. The number of benzene rings is 2. The molecule has 0 bridgehead atoms. The van der Waals surface area contributed by atoms with Crippen LogP contribution in [-0.4, -0.2) is 23.0 Å². The lowest BCUT2D eigenvalue weighted by Crippen LogP contribution is -2.28. The second kappa shape index (κ2) is 7.83. The molecule has 130 valence electrons. The quantitative estimate of drug-likeness (QED) is 0.689. The minimum Gasteiger partial charge on any atom is -0.497 e. The molecule has 0 aliphatic carbocycles. The SMILES string of the molecule is CCC(NC(=O)CCc1nc2ccccc2[nH]1)c1ccc(OC)cc1. The summed E-state index contributed by atoms with van der Waals surface area (Å²) in [5, 5.41) is 3.10. The number of fused-ring (bicyclic) bond motifs is 1. The van der Waals surface area contributed by atoms with Crippen molar-refractivity contribution in [1.82, 2.24) is 15.3 Å². The van der Waals surface area contributed by atoms with Crippen molar-refractivity contribution in [2.24, 2.45) is 0 Å². The summed E-state index contributed by atoms with van der Waals surface area (Å²) >= 11 is 0. The number of carbonyl (C=O) groups is 1. The van der Waals surface area contributed by atoms with Crippen molar-refractivity contribution in [3.63, 3.8) is 0 Å². The minimum atomic E-state index is 0.00841. The van der Waals surface area contributed by atoms with Gasteiger partial charge in [-0.3, -0.25) is 4.79 Å². The van der Waals surface area contributed by atoms with Crippen LogP contribution in [0.2, 0.25) is 0 Å². The molecule has 1 unspecified atom stereocenters. The van der Waals surface area contributed by atoms with Crippen LogP contribution < -0.4 is 10.1 Å². The Morgan fingerprint density at radius 2 is 1.96 bits per heavy atom. The predicted octanol–water partition coefficient (Wildman–Crippen LogP) is 3.77. The molecule has 3 rings (SSSR count). The summed E-state index contributed by atoms with van der Waals surface area (Å²) < 4.78 is 5.18. The number of nitrogens with zero attached hydrogens (tertiary/aromatic N) is 1. The lowest BCUT2D eigenvalue weighted by Gasteiger charge is -2.17. The minimum absolute atomic E-state index is 0.00841. The number of aromatic amines is 1. The van der Waals surface area contributed by atoms with E-state index in [0.717, 1.165) is 34.6 Å². The van der Waals surface area contributed by atoms with Gasteiger partial charge in [0.15, 0.2) is 0 Å². The number of aryl methyl sites for hydroxylation is 1. The van der Waals surface area contributed by atoms with Gasteiger partial charge in [0, 0.05) is 12.8 Å². The van der Waals surface area contributed by atoms with E-state index in [1.807, 2.05) is 48.5 Å². The maximum absolute atomic E-state index is 12.3. The Hall–Kier alpha value is -2.82. The second-order valence-corrected chi connectivity index (χ2v) is 6.00. The highest BCUT2D eigenvalue weighted by Crippen LogP contribution is 2.20. The largest absolute Gasteiger partial charge is 0.497 e. The van der Waals surface area contributed by atoms with Crippen molar-refractivity contribution in [1.29, 1.82) is 0 Å². The maximum atomic E-state index is 12.3. The van der Waals surface area contributed by atoms with E-state index in [1.165, 1.54) is 0 Å². The first-order valence-corrected chi connectivity index (χ1v) is 8.56. The van der Waals surface area contributed by atoms with Gasteiger partial charge in [-0.2, -0.15) is 0 Å². The van der Waals surface area contributed by atoms with Crippen LogP contribution in [-0.2, 0) is 11.2 Å². The van der Waals surface area contributed by atoms with Crippen LogP contribution in [0.5, 0.6) is 5.75 Å². The standard InChI is InChI=1S/C20H23N3O2/c1-3-16(14-8-10-15(25-2)11-9-14)23-20(24)13-12-19-21-17-6-4-5-7-18(17)22-19/h4-11,16H,3,12-13H2,1-2H3,(H,21,22)(H,23,24). The highest BCUT2D eigenvalue weighted by Gasteiger charge is 2.13. The topological polar surface area (TPSA) is 67.0 Å². The van der Waals surface area contributed by atoms with Crippen LogP contribution in [0.3, 0.4) is 0 Å². The molecule has 0 aliphatic rings. The van der Waals surface area contributed by atoms with E-state index < -0.39 is 0 Å². The summed E-state index contributed by atoms with van der Waals surface area (Å²) in [6, 6.07) is 15.7. The van der Waals surface area contributed by atoms with Gasteiger partial charge < -0.3 is 15.0 Å². The number of H-pyrrole nitrogens is 1. The van der Waals surface area contributed by atoms with Crippen LogP contribution >= 0.6 is 0 Å². The third kappa shape index (κ3) is 4.18. The fourth-order valence-corrected chi connectivity index (χ4v) is 2.88. The Bertz CT molecular complexity index is 807. The molecule has 3 aromatic rings. The molecule has 1 amide bonds. The van der Waals surface area contributed by atoms with E-state index in [0.29, 0.717) is 12.8 Å². The molecule has 5 nitrogen and oxygen atoms in total. The monoisotopic (exact) mass is 337 g/mol. The Kier molecular flexibility index (Phi) is 5.33. The number of amides is 1. The van der Waals surface area contributed by atoms with Gasteiger partial charge in [-0.15, -0.1) is 0 Å². The maximum Gasteiger partial charge on any atom is 0.220 e. The van der Waals surface area contributed by atoms with E-state index in [9.17, 15) is 4.79 Å². The van der Waals surface area contributed by atoms with Crippen LogP contribution in [0.25, 0.3) is 11.0 Å². The molecule has 0 fully saturated rings. The number of methoxy groups -OCH3 is 1. The Morgan fingerprint density at radius 3 is 2.64 bits per heavy atom. The average Bonchev–Trinajstić information content (AvgIpc) is 3.07. The van der Waals surface area contributed by atoms with Crippen molar-refractivity contribution in [3.05, 3.63) is 59.9 Å². The van der Waals surface area contributed by atoms with E-state index in [1.54, 1.807) is 7.11 Å². The van der Waals surface area contributed by atoms with Crippen LogP contribution in [0.4, 0.5) is 0 Å². The number of ether oxygens (including phenoxy) is 1. The van der Waals surface area contributed by atoms with Gasteiger partial charge in [-0.25, -0.2) is 4.98 Å². The molecule has 0 saturated heterocycles. The van der Waals surface area contributed by atoms with Crippen LogP contribution in [0, 0.1) is 0 Å². The zero-order valence-electron chi connectivity index (χ0n) is 14.6. The summed E-state index contributed by atoms with van der Waals surface area (Å²) in [5.74, 6) is 1.69. The zero-order chi connectivity index (χ0) is 17.6. The molecule has 0 spiro atoms. The van der Waals surface area contributed by atoms with Crippen molar-refractivity contribution >= 4 is 16.9 Å². The summed E-state index contributed by atoms with van der Waals surface area (Å²) in [6.45, 7) is 2.06. The van der Waals surface area contributed by atoms with Gasteiger partial charge >= 0.3 is 0 Å². The lowest BCUT2D eigenvalue weighted by atomic mass is 10.0. The lowest BCUT2D eigenvalue weighted by molar-refractivity contribution is -0.121. The van der Waals surface area contributed by atoms with Crippen molar-refractivity contribution in [3.8, 4) is 5.75 Å². The van der Waals surface area contributed by atoms with E-state index >= 15 is 0 Å². The zero-order valence-corrected chi connectivity index (χ0v) is 14.6. The number of rotatable bonds is 7. The Morgan fingerprint density at radius 1 is 1.20 bits per heavy atom. The predicted molar refractivity (Wildman–Crippen MR) is 98.6 cm³/mol. The highest BCUT2D eigenvalue weighted by atomic mass is 16.5. The number of hydrogen-bond acceptors (Lipinski definition) is 3. The molecule has 0 aliphatic heterocycles. The van der Waals surface area contributed by atoms with Gasteiger partial charge in [0.05, 0.1) is 24.2 Å². The molecule has 1 heterocycles. The smallest absolute Gasteiger partial charge is 0.220 e. The summed E-state index contributed by atoms with van der Waals surface area (Å²) in [4.78, 5) is 20.1. The molecule has 25 heavy (non-hydrogen) atoms. The van der Waals surface area contributed by atoms with Crippen LogP contribution in [0.15, 0.2) is 48.5 Å². The molecule has 0 radical (unpaired) electrons. The number of aromatic nitrogens is 2. The van der Waals surface area contributed by atoms with Gasteiger partial charge in [0.1, 0.15) is 11.6 Å². The first kappa shape index (κ1) is 17.0. The number of nitrogens with one attached hydrogen (secondary N) is 2. The average molecular weight is 337 g/mol. The summed E-state index contributed by atoms with van der Waals surface area (Å²) in [7, 11) is 1.64. The van der Waals surface area contributed by atoms with E-state index in [4.69, 9.17) is 4.74 Å². The third-order valence-corrected chi connectivity index (χ3v) is 4.29. The first-order chi connectivity index (χ1) is 12.2. The van der Waals surface area contributed by atoms with Gasteiger partial charge in [0.25, 0.3) is 0 Å². The molecule has 2 aromatic carbocycles. The van der Waals surface area contributed by atoms with E-state index in [-0.39, 0.29) is 11.9 Å². The Labute approximate surface area is 147 Å². The molecular formula is C20H23N3O2. The summed E-state index contributed by atoms with van der Waals surface area (Å²) in [6.07, 6.45) is 1.84. The number of imidazole rings is 1. The normalized spacial score (nSPS) is 12.1. The first-order valence-electron chi connectivity index (χ1n) is 8.56. The number of carbonyl (C=O) groups excluding carboxylic acids is 1. The fraction of sp³-hybridized carbons (Fsp3) is 0.300. The van der Waals surface area contributed by atoms with Crippen LogP contribution in [0.1, 0.15) is 37.2 Å². The second-order valence-electron chi connectivity index (χ2n) is 6.00. The Balaban J connectivity index is 1.58. The van der Waals surface area contributed by atoms with Gasteiger partial charge in [-0.05, 0) is 36.2 Å². The highest BCUT2D eigenvalue weighted by molar-refractivity contribution is 5.77. The number of hydrogen-bond donors (Lipinski definition) is 2. The molecular weight excluding hydrogens is 314 g/mol. The molecule has 0 saturated carbocycles. The third-order valence-electron chi connectivity index (χ3n) is 4.29. The molecule has 1 atom stereocenters. The van der Waals surface area contributed by atoms with E-state index in [2.05, 4.69) is 22.2 Å². The van der Waals surface area contributed by atoms with Crippen molar-refractivity contribution in [2.45, 2.75) is 32.2 Å².